The lowest BCUT2D eigenvalue weighted by Crippen LogP contribution is -2.04. The Kier molecular flexibility index (Phi) is 4.65. The summed E-state index contributed by atoms with van der Waals surface area (Å²) < 4.78 is 1.89. The zero-order valence-corrected chi connectivity index (χ0v) is 16.7. The summed E-state index contributed by atoms with van der Waals surface area (Å²) in [5.74, 6) is -0.165. The average Bonchev–Trinajstić information content (AvgIpc) is 3.29. The molecule has 0 aliphatic carbocycles. The van der Waals surface area contributed by atoms with Gasteiger partial charge in [-0.15, -0.1) is 0 Å². The Labute approximate surface area is 178 Å². The van der Waals surface area contributed by atoms with Crippen LogP contribution in [0.15, 0.2) is 79.3 Å². The minimum atomic E-state index is -0.165. The minimum absolute atomic E-state index is 0.165. The van der Waals surface area contributed by atoms with Gasteiger partial charge >= 0.3 is 0 Å². The third-order valence-corrected chi connectivity index (χ3v) is 5.23. The topological polar surface area (TPSA) is 59.8 Å². The Bertz CT molecular complexity index is 1260. The van der Waals surface area contributed by atoms with E-state index in [1.165, 1.54) is 0 Å². The number of nitrogens with zero attached hydrogens (tertiary/aromatic N) is 3. The van der Waals surface area contributed by atoms with E-state index in [-0.39, 0.29) is 5.91 Å². The van der Waals surface area contributed by atoms with Gasteiger partial charge in [0.2, 0.25) is 0 Å². The van der Waals surface area contributed by atoms with Crippen molar-refractivity contribution in [3.8, 4) is 11.1 Å². The van der Waals surface area contributed by atoms with E-state index in [1.54, 1.807) is 24.5 Å². The van der Waals surface area contributed by atoms with Crippen molar-refractivity contribution in [2.45, 2.75) is 6.54 Å². The van der Waals surface area contributed by atoms with Crippen molar-refractivity contribution in [1.29, 1.82) is 0 Å². The molecule has 1 aliphatic heterocycles. The van der Waals surface area contributed by atoms with Crippen molar-refractivity contribution in [2.75, 3.05) is 5.32 Å². The first-order valence-corrected chi connectivity index (χ1v) is 9.90. The highest BCUT2D eigenvalue weighted by Crippen LogP contribution is 2.36. The van der Waals surface area contributed by atoms with E-state index < -0.39 is 0 Å². The summed E-state index contributed by atoms with van der Waals surface area (Å²) in [4.78, 5) is 16.9. The molecule has 2 aromatic heterocycles. The Morgan fingerprint density at radius 3 is 2.70 bits per heavy atom. The van der Waals surface area contributed by atoms with E-state index in [4.69, 9.17) is 16.7 Å². The molecule has 0 spiro atoms. The molecule has 5 nitrogen and oxygen atoms in total. The molecule has 1 N–H and O–H groups in total. The van der Waals surface area contributed by atoms with Gasteiger partial charge in [-0.1, -0.05) is 54.1 Å². The average molecular weight is 413 g/mol. The lowest BCUT2D eigenvalue weighted by Gasteiger charge is -2.01. The van der Waals surface area contributed by atoms with Crippen LogP contribution in [0.1, 0.15) is 16.8 Å². The van der Waals surface area contributed by atoms with Gasteiger partial charge in [-0.25, -0.2) is 0 Å². The van der Waals surface area contributed by atoms with E-state index in [9.17, 15) is 4.79 Å². The molecule has 0 fully saturated rings. The largest absolute Gasteiger partial charge is 0.321 e. The third-order valence-electron chi connectivity index (χ3n) is 5.00. The molecule has 146 valence electrons. The number of halogens is 1. The first kappa shape index (κ1) is 18.3. The molecule has 0 radical (unpaired) electrons. The van der Waals surface area contributed by atoms with Crippen molar-refractivity contribution >= 4 is 34.8 Å². The molecule has 0 saturated heterocycles. The lowest BCUT2D eigenvalue weighted by molar-refractivity contribution is -0.110. The van der Waals surface area contributed by atoms with Crippen LogP contribution in [0.5, 0.6) is 0 Å². The van der Waals surface area contributed by atoms with Crippen LogP contribution in [0.2, 0.25) is 5.02 Å². The van der Waals surface area contributed by atoms with Crippen LogP contribution in [-0.4, -0.2) is 20.7 Å². The van der Waals surface area contributed by atoms with E-state index >= 15 is 0 Å². The number of pyridine rings is 1. The van der Waals surface area contributed by atoms with Crippen LogP contribution >= 0.6 is 11.6 Å². The Hall–Kier alpha value is -3.70. The number of aromatic nitrogens is 3. The zero-order valence-electron chi connectivity index (χ0n) is 15.9. The van der Waals surface area contributed by atoms with Crippen molar-refractivity contribution in [2.24, 2.45) is 0 Å². The van der Waals surface area contributed by atoms with Crippen molar-refractivity contribution in [3.05, 3.63) is 101 Å². The van der Waals surface area contributed by atoms with Gasteiger partial charge in [0.05, 0.1) is 23.5 Å². The van der Waals surface area contributed by atoms with Crippen LogP contribution < -0.4 is 5.32 Å². The van der Waals surface area contributed by atoms with E-state index in [2.05, 4.69) is 22.4 Å². The van der Waals surface area contributed by atoms with Gasteiger partial charge in [0, 0.05) is 40.3 Å². The normalized spacial score (nSPS) is 14.0. The molecule has 0 saturated carbocycles. The second-order valence-electron chi connectivity index (χ2n) is 7.05. The number of amides is 1. The molecule has 30 heavy (non-hydrogen) atoms. The maximum absolute atomic E-state index is 12.6. The number of hydrogen-bond acceptors (Lipinski definition) is 3. The fourth-order valence-electron chi connectivity index (χ4n) is 3.59. The van der Waals surface area contributed by atoms with E-state index in [0.717, 1.165) is 22.3 Å². The van der Waals surface area contributed by atoms with Gasteiger partial charge in [0.25, 0.3) is 5.91 Å². The molecular weight excluding hydrogens is 396 g/mol. The second-order valence-corrected chi connectivity index (χ2v) is 7.49. The van der Waals surface area contributed by atoms with Crippen LogP contribution in [0.3, 0.4) is 0 Å². The van der Waals surface area contributed by atoms with Crippen molar-refractivity contribution in [3.63, 3.8) is 0 Å². The van der Waals surface area contributed by atoms with Crippen molar-refractivity contribution in [1.82, 2.24) is 14.8 Å². The predicted molar refractivity (Wildman–Crippen MR) is 119 cm³/mol. The molecule has 1 amide bonds. The number of nitrogens with one attached hydrogen (secondary N) is 1. The second kappa shape index (κ2) is 7.61. The van der Waals surface area contributed by atoms with Crippen LogP contribution in [0.25, 0.3) is 22.8 Å². The smallest absolute Gasteiger partial charge is 0.256 e. The molecule has 6 heteroatoms. The number of rotatable bonds is 4. The van der Waals surface area contributed by atoms with Gasteiger partial charge in [-0.05, 0) is 29.8 Å². The Morgan fingerprint density at radius 2 is 1.90 bits per heavy atom. The maximum Gasteiger partial charge on any atom is 0.256 e. The quantitative estimate of drug-likeness (QED) is 0.472. The summed E-state index contributed by atoms with van der Waals surface area (Å²) in [7, 11) is 0. The number of benzene rings is 2. The summed E-state index contributed by atoms with van der Waals surface area (Å²) in [6.45, 7) is 0.635. The van der Waals surface area contributed by atoms with Gasteiger partial charge < -0.3 is 5.32 Å². The summed E-state index contributed by atoms with van der Waals surface area (Å²) in [5.41, 5.74) is 5.82. The van der Waals surface area contributed by atoms with Crippen LogP contribution in [0.4, 0.5) is 5.69 Å². The molecular formula is C24H17ClN4O. The monoisotopic (exact) mass is 412 g/mol. The molecule has 5 rings (SSSR count). The van der Waals surface area contributed by atoms with E-state index in [0.29, 0.717) is 28.5 Å². The first-order valence-electron chi connectivity index (χ1n) is 9.52. The molecule has 3 heterocycles. The first-order chi connectivity index (χ1) is 14.7. The minimum Gasteiger partial charge on any atom is -0.321 e. The maximum atomic E-state index is 12.6. The molecule has 0 atom stereocenters. The highest BCUT2D eigenvalue weighted by atomic mass is 35.5. The summed E-state index contributed by atoms with van der Waals surface area (Å²) in [6, 6.07) is 19.4. The molecule has 0 bridgehead atoms. The highest BCUT2D eigenvalue weighted by molar-refractivity contribution is 6.36. The highest BCUT2D eigenvalue weighted by Gasteiger charge is 2.25. The van der Waals surface area contributed by atoms with Crippen LogP contribution in [-0.2, 0) is 11.3 Å². The zero-order chi connectivity index (χ0) is 20.5. The fraction of sp³-hybridized carbons (Fsp3) is 0.0417. The SMILES string of the molecule is O=C1Nc2cc(Cl)ccc2/C1=C/c1nn(Cc2ccccc2)cc1-c1cccnc1. The third kappa shape index (κ3) is 3.51. The van der Waals surface area contributed by atoms with E-state index in [1.807, 2.05) is 53.4 Å². The molecule has 4 aromatic rings. The molecule has 0 unspecified atom stereocenters. The fourth-order valence-corrected chi connectivity index (χ4v) is 3.76. The molecule has 1 aliphatic rings. The standard InChI is InChI=1S/C24H17ClN4O/c25-18-8-9-19-20(24(30)27-22(19)11-18)12-23-21(17-7-4-10-26-13-17)15-29(28-23)14-16-5-2-1-3-6-16/h1-13,15H,14H2,(H,27,30)/b20-12-. The summed E-state index contributed by atoms with van der Waals surface area (Å²) >= 11 is 6.07. The number of fused-ring (bicyclic) bond motifs is 1. The van der Waals surface area contributed by atoms with Crippen LogP contribution in [0, 0.1) is 0 Å². The number of hydrogen-bond donors (Lipinski definition) is 1. The Balaban J connectivity index is 1.61. The van der Waals surface area contributed by atoms with Gasteiger partial charge in [0.15, 0.2) is 0 Å². The number of carbonyl (C=O) groups excluding carboxylic acids is 1. The van der Waals surface area contributed by atoms with Gasteiger partial charge in [-0.2, -0.15) is 5.10 Å². The predicted octanol–water partition coefficient (Wildman–Crippen LogP) is 5.14. The molecule has 2 aromatic carbocycles. The lowest BCUT2D eigenvalue weighted by atomic mass is 10.0. The summed E-state index contributed by atoms with van der Waals surface area (Å²) in [6.07, 6.45) is 7.36. The number of anilines is 1. The van der Waals surface area contributed by atoms with Crippen molar-refractivity contribution < 1.29 is 4.79 Å². The van der Waals surface area contributed by atoms with Gasteiger partial charge in [-0.3, -0.25) is 14.5 Å². The Morgan fingerprint density at radius 1 is 1.03 bits per heavy atom. The number of carbonyl (C=O) groups is 1. The summed E-state index contributed by atoms with van der Waals surface area (Å²) in [5, 5.41) is 8.23. The van der Waals surface area contributed by atoms with Gasteiger partial charge in [0.1, 0.15) is 0 Å².